The summed E-state index contributed by atoms with van der Waals surface area (Å²) >= 11 is 0. The first kappa shape index (κ1) is 28.0. The molecular formula is C29H41N5O4. The maximum absolute atomic E-state index is 13.4. The van der Waals surface area contributed by atoms with Crippen molar-refractivity contribution in [1.29, 1.82) is 0 Å². The molecule has 0 spiro atoms. The van der Waals surface area contributed by atoms with Gasteiger partial charge in [0.25, 0.3) is 0 Å². The van der Waals surface area contributed by atoms with Gasteiger partial charge >= 0.3 is 0 Å². The van der Waals surface area contributed by atoms with E-state index < -0.39 is 12.2 Å². The van der Waals surface area contributed by atoms with Crippen molar-refractivity contribution in [1.82, 2.24) is 15.5 Å². The summed E-state index contributed by atoms with van der Waals surface area (Å²) in [6.07, 6.45) is 6.95. The van der Waals surface area contributed by atoms with Gasteiger partial charge in [0.2, 0.25) is 17.7 Å². The molecule has 1 unspecified atom stereocenters. The van der Waals surface area contributed by atoms with E-state index in [0.717, 1.165) is 43.4 Å². The molecule has 2 fully saturated rings. The van der Waals surface area contributed by atoms with Crippen molar-refractivity contribution >= 4 is 29.6 Å². The number of hydrogen-bond donors (Lipinski definition) is 2. The molecule has 1 aromatic rings. The fourth-order valence-corrected chi connectivity index (χ4v) is 5.37. The number of amides is 3. The Morgan fingerprint density at radius 1 is 1.08 bits per heavy atom. The van der Waals surface area contributed by atoms with Crippen LogP contribution in [0.4, 0.5) is 0 Å². The lowest BCUT2D eigenvalue weighted by Gasteiger charge is -2.34. The van der Waals surface area contributed by atoms with E-state index in [1.54, 1.807) is 6.21 Å². The summed E-state index contributed by atoms with van der Waals surface area (Å²) in [7, 11) is 0. The van der Waals surface area contributed by atoms with E-state index in [9.17, 15) is 14.4 Å². The van der Waals surface area contributed by atoms with Crippen LogP contribution in [-0.2, 0) is 25.5 Å². The van der Waals surface area contributed by atoms with E-state index in [-0.39, 0.29) is 42.1 Å². The van der Waals surface area contributed by atoms with Gasteiger partial charge in [-0.05, 0) is 57.4 Å². The Kier molecular flexibility index (Phi) is 10.0. The molecule has 4 atom stereocenters. The highest BCUT2D eigenvalue weighted by Crippen LogP contribution is 2.20. The summed E-state index contributed by atoms with van der Waals surface area (Å²) in [4.78, 5) is 50.5. The molecule has 206 valence electrons. The molecule has 2 saturated heterocycles. The van der Waals surface area contributed by atoms with Crippen LogP contribution in [0.25, 0.3) is 0 Å². The Balaban J connectivity index is 1.37. The second kappa shape index (κ2) is 13.6. The molecule has 4 rings (SSSR count). The fraction of sp³-hybridized carbons (Fsp3) is 0.621. The average molecular weight is 524 g/mol. The zero-order valence-corrected chi connectivity index (χ0v) is 22.6. The highest BCUT2D eigenvalue weighted by Gasteiger charge is 2.32. The van der Waals surface area contributed by atoms with Gasteiger partial charge in [0.1, 0.15) is 6.04 Å². The summed E-state index contributed by atoms with van der Waals surface area (Å²) in [6.45, 7) is 5.89. The molecule has 0 radical (unpaired) electrons. The van der Waals surface area contributed by atoms with Crippen molar-refractivity contribution in [2.45, 2.75) is 89.5 Å². The van der Waals surface area contributed by atoms with Crippen LogP contribution in [-0.4, -0.2) is 78.6 Å². The first-order valence-corrected chi connectivity index (χ1v) is 14.0. The van der Waals surface area contributed by atoms with Gasteiger partial charge in [-0.25, -0.2) is 0 Å². The smallest absolute Gasteiger partial charge is 0.243 e. The van der Waals surface area contributed by atoms with Crippen LogP contribution < -0.4 is 10.6 Å². The lowest BCUT2D eigenvalue weighted by molar-refractivity contribution is -0.138. The fourth-order valence-electron chi connectivity index (χ4n) is 5.37. The number of hydrogen-bond acceptors (Lipinski definition) is 6. The maximum Gasteiger partial charge on any atom is 0.243 e. The third kappa shape index (κ3) is 7.96. The summed E-state index contributed by atoms with van der Waals surface area (Å²) in [5.41, 5.74) is 2.01. The average Bonchev–Trinajstić information content (AvgIpc) is 3.38. The van der Waals surface area contributed by atoms with Gasteiger partial charge in [0, 0.05) is 44.9 Å². The number of likely N-dealkylation sites (tertiary alicyclic amines) is 1. The van der Waals surface area contributed by atoms with E-state index >= 15 is 0 Å². The van der Waals surface area contributed by atoms with Crippen molar-refractivity contribution < 1.29 is 19.1 Å². The molecule has 0 aliphatic carbocycles. The van der Waals surface area contributed by atoms with E-state index in [0.29, 0.717) is 32.6 Å². The summed E-state index contributed by atoms with van der Waals surface area (Å²) in [5, 5.41) is 5.84. The first-order valence-electron chi connectivity index (χ1n) is 14.0. The van der Waals surface area contributed by atoms with Crippen molar-refractivity contribution in [3.63, 3.8) is 0 Å². The summed E-state index contributed by atoms with van der Waals surface area (Å²) in [5.74, 6) is -0.447. The number of piperidine rings is 1. The quantitative estimate of drug-likeness (QED) is 0.491. The van der Waals surface area contributed by atoms with E-state index in [2.05, 4.69) is 20.6 Å². The van der Waals surface area contributed by atoms with Crippen molar-refractivity contribution in [3.05, 3.63) is 35.9 Å². The van der Waals surface area contributed by atoms with Crippen LogP contribution in [0.2, 0.25) is 0 Å². The zero-order chi connectivity index (χ0) is 26.9. The molecule has 0 aromatic heterocycles. The zero-order valence-electron chi connectivity index (χ0n) is 22.6. The molecule has 0 saturated carbocycles. The van der Waals surface area contributed by atoms with Gasteiger partial charge in [0.05, 0.1) is 18.2 Å². The predicted octanol–water partition coefficient (Wildman–Crippen LogP) is 2.68. The molecule has 0 bridgehead atoms. The van der Waals surface area contributed by atoms with Gasteiger partial charge in [-0.2, -0.15) is 0 Å². The molecule has 3 amide bonds. The maximum atomic E-state index is 13.4. The number of nitrogens with zero attached hydrogens (tertiary/aromatic N) is 3. The standard InChI is InChI=1S/C29H41N5O4/c1-20-8-6-7-13-34(20)27(36)18-25(33-26(35)17-23-11-14-38-15-12-23)29(37)31-21(2)28-30-19-24(32-28)16-22-9-4-3-5-10-22/h3-5,9-10,19-21,23,25,28H,6-8,11-18H2,1-2H3,(H,31,37)(H,33,35)/t20-,21-,25-,28?/m0/s1. The predicted molar refractivity (Wildman–Crippen MR) is 147 cm³/mol. The second-order valence-electron chi connectivity index (χ2n) is 10.8. The number of ether oxygens (including phenoxy) is 1. The molecule has 9 nitrogen and oxygen atoms in total. The molecule has 2 N–H and O–H groups in total. The van der Waals surface area contributed by atoms with Gasteiger partial charge in [-0.3, -0.25) is 24.4 Å². The molecule has 3 aliphatic rings. The van der Waals surface area contributed by atoms with Gasteiger partial charge in [-0.15, -0.1) is 0 Å². The number of carbonyl (C=O) groups is 3. The molecule has 9 heteroatoms. The van der Waals surface area contributed by atoms with E-state index in [1.165, 1.54) is 0 Å². The number of benzene rings is 1. The Labute approximate surface area is 225 Å². The van der Waals surface area contributed by atoms with Gasteiger partial charge in [-0.1, -0.05) is 30.3 Å². The highest BCUT2D eigenvalue weighted by molar-refractivity contribution is 6.32. The van der Waals surface area contributed by atoms with Crippen LogP contribution in [0.15, 0.2) is 40.3 Å². The SMILES string of the molecule is C[C@H](NC(=O)[C@H](CC(=O)N1CCCC[C@@H]1C)NC(=O)CC1CCOCC1)C1N=CC(Cc2ccccc2)=N1. The third-order valence-corrected chi connectivity index (χ3v) is 7.69. The van der Waals surface area contributed by atoms with Crippen LogP contribution in [0.1, 0.15) is 64.4 Å². The van der Waals surface area contributed by atoms with E-state index in [4.69, 9.17) is 4.74 Å². The van der Waals surface area contributed by atoms with Crippen molar-refractivity contribution in [2.75, 3.05) is 19.8 Å². The van der Waals surface area contributed by atoms with Gasteiger partial charge < -0.3 is 20.3 Å². The summed E-state index contributed by atoms with van der Waals surface area (Å²) in [6, 6.07) is 8.86. The monoisotopic (exact) mass is 523 g/mol. The Hall–Kier alpha value is -3.07. The minimum atomic E-state index is -0.940. The minimum absolute atomic E-state index is 0.0567. The Bertz CT molecular complexity index is 1020. The Morgan fingerprint density at radius 2 is 1.84 bits per heavy atom. The van der Waals surface area contributed by atoms with Gasteiger partial charge in [0.15, 0.2) is 6.17 Å². The molecule has 3 heterocycles. The Morgan fingerprint density at radius 3 is 2.58 bits per heavy atom. The number of rotatable bonds is 10. The number of carbonyl (C=O) groups excluding carboxylic acids is 3. The minimum Gasteiger partial charge on any atom is -0.381 e. The van der Waals surface area contributed by atoms with Crippen LogP contribution in [0, 0.1) is 5.92 Å². The van der Waals surface area contributed by atoms with Crippen LogP contribution >= 0.6 is 0 Å². The second-order valence-corrected chi connectivity index (χ2v) is 10.8. The largest absolute Gasteiger partial charge is 0.381 e. The first-order chi connectivity index (χ1) is 18.4. The topological polar surface area (TPSA) is 112 Å². The van der Waals surface area contributed by atoms with Crippen LogP contribution in [0.5, 0.6) is 0 Å². The van der Waals surface area contributed by atoms with E-state index in [1.807, 2.05) is 49.1 Å². The number of aliphatic imine (C=N–C) groups is 2. The normalized spacial score (nSPS) is 23.4. The lowest BCUT2D eigenvalue weighted by atomic mass is 9.96. The molecule has 1 aromatic carbocycles. The van der Waals surface area contributed by atoms with Crippen LogP contribution in [0.3, 0.4) is 0 Å². The highest BCUT2D eigenvalue weighted by atomic mass is 16.5. The summed E-state index contributed by atoms with van der Waals surface area (Å²) < 4.78 is 5.40. The lowest BCUT2D eigenvalue weighted by Crippen LogP contribution is -2.54. The van der Waals surface area contributed by atoms with Crippen molar-refractivity contribution in [3.8, 4) is 0 Å². The van der Waals surface area contributed by atoms with Crippen molar-refractivity contribution in [2.24, 2.45) is 15.9 Å². The molecular weight excluding hydrogens is 482 g/mol. The molecule has 38 heavy (non-hydrogen) atoms. The molecule has 3 aliphatic heterocycles. The number of nitrogens with one attached hydrogen (secondary N) is 2. The third-order valence-electron chi connectivity index (χ3n) is 7.69.